The molecule has 1 fully saturated rings. The normalized spacial score (nSPS) is 17.9. The molecule has 1 heterocycles. The predicted molar refractivity (Wildman–Crippen MR) is 103 cm³/mol. The van der Waals surface area contributed by atoms with Gasteiger partial charge >= 0.3 is 0 Å². The molecule has 26 heavy (non-hydrogen) atoms. The summed E-state index contributed by atoms with van der Waals surface area (Å²) in [5, 5.41) is 11.2. The summed E-state index contributed by atoms with van der Waals surface area (Å²) in [7, 11) is 0. The monoisotopic (exact) mass is 402 g/mol. The Morgan fingerprint density at radius 2 is 2.12 bits per heavy atom. The number of hydrogen-bond acceptors (Lipinski definition) is 6. The number of carbonyl (C=O) groups excluding carboxylic acids is 2. The first kappa shape index (κ1) is 22.2. The Kier molecular flexibility index (Phi) is 8.32. The lowest BCUT2D eigenvalue weighted by atomic mass is 9.97. The number of carbonyl (C=O) groups is 2. The fourth-order valence-corrected chi connectivity index (χ4v) is 3.86. The zero-order valence-corrected chi connectivity index (χ0v) is 16.1. The van der Waals surface area contributed by atoms with Crippen LogP contribution in [0.2, 0.25) is 0 Å². The zero-order chi connectivity index (χ0) is 18.6. The van der Waals surface area contributed by atoms with E-state index in [0.29, 0.717) is 11.4 Å². The van der Waals surface area contributed by atoms with Gasteiger partial charge in [0.1, 0.15) is 0 Å². The number of rotatable bonds is 6. The highest BCUT2D eigenvalue weighted by Crippen LogP contribution is 2.31. The summed E-state index contributed by atoms with van der Waals surface area (Å²) in [6.45, 7) is 2.55. The number of nitrogens with zero attached hydrogens (tertiary/aromatic N) is 2. The molecule has 1 aromatic rings. The van der Waals surface area contributed by atoms with Crippen molar-refractivity contribution in [1.29, 1.82) is 0 Å². The predicted octanol–water partition coefficient (Wildman–Crippen LogP) is 1.94. The third kappa shape index (κ3) is 5.33. The molecular weight excluding hydrogens is 380 g/mol. The summed E-state index contributed by atoms with van der Waals surface area (Å²) in [5.41, 5.74) is 11.0. The van der Waals surface area contributed by atoms with Gasteiger partial charge in [-0.2, -0.15) is 0 Å². The highest BCUT2D eigenvalue weighted by Gasteiger charge is 2.29. The highest BCUT2D eigenvalue weighted by atomic mass is 35.5. The average molecular weight is 403 g/mol. The van der Waals surface area contributed by atoms with Crippen LogP contribution in [0.25, 0.3) is 0 Å². The van der Waals surface area contributed by atoms with Crippen LogP contribution < -0.4 is 11.5 Å². The number of nitrogens with two attached hydrogens (primary N) is 2. The lowest BCUT2D eigenvalue weighted by molar-refractivity contribution is -0.387. The number of nitro groups is 1. The van der Waals surface area contributed by atoms with Crippen LogP contribution in [-0.4, -0.2) is 46.0 Å². The van der Waals surface area contributed by atoms with Crippen molar-refractivity contribution in [2.24, 2.45) is 11.5 Å². The van der Waals surface area contributed by atoms with E-state index in [0.717, 1.165) is 37.1 Å². The molecule has 0 spiro atoms. The van der Waals surface area contributed by atoms with Crippen molar-refractivity contribution >= 4 is 41.7 Å². The molecule has 0 aromatic heterocycles. The number of thioether (sulfide) groups is 1. The minimum Gasteiger partial charge on any atom is -0.366 e. The SMILES string of the molecule is CC(N)C1CCCCN1C(=O)CSc1ccc(C(N)=O)cc1[N+](=O)[O-].Cl. The fraction of sp³-hybridized carbons (Fsp3) is 0.500. The first-order valence-electron chi connectivity index (χ1n) is 8.07. The summed E-state index contributed by atoms with van der Waals surface area (Å²) in [5.74, 6) is -0.732. The highest BCUT2D eigenvalue weighted by molar-refractivity contribution is 8.00. The number of benzene rings is 1. The Bertz CT molecular complexity index is 686. The Labute approximate surface area is 162 Å². The fourth-order valence-electron chi connectivity index (χ4n) is 2.97. The van der Waals surface area contributed by atoms with E-state index in [1.807, 2.05) is 6.92 Å². The van der Waals surface area contributed by atoms with Crippen LogP contribution in [0.15, 0.2) is 23.1 Å². The standard InChI is InChI=1S/C16H22N4O4S.ClH/c1-10(17)12-4-2-3-7-19(12)15(21)9-25-14-6-5-11(16(18)22)8-13(14)20(23)24;/h5-6,8,10,12H,2-4,7,9,17H2,1H3,(H2,18,22);1H. The van der Waals surface area contributed by atoms with Gasteiger partial charge in [0.25, 0.3) is 5.69 Å². The minimum absolute atomic E-state index is 0. The van der Waals surface area contributed by atoms with E-state index in [9.17, 15) is 19.7 Å². The van der Waals surface area contributed by atoms with Crippen molar-refractivity contribution < 1.29 is 14.5 Å². The van der Waals surface area contributed by atoms with Crippen molar-refractivity contribution in [1.82, 2.24) is 4.90 Å². The Hall–Kier alpha value is -1.84. The molecule has 1 aliphatic heterocycles. The summed E-state index contributed by atoms with van der Waals surface area (Å²) < 4.78 is 0. The van der Waals surface area contributed by atoms with Gasteiger partial charge in [-0.1, -0.05) is 0 Å². The van der Waals surface area contributed by atoms with Gasteiger partial charge in [-0.3, -0.25) is 19.7 Å². The Morgan fingerprint density at radius 3 is 2.69 bits per heavy atom. The lowest BCUT2D eigenvalue weighted by Gasteiger charge is -2.38. The Balaban J connectivity index is 0.00000338. The molecule has 4 N–H and O–H groups in total. The molecule has 0 radical (unpaired) electrons. The van der Waals surface area contributed by atoms with Crippen molar-refractivity contribution in [3.05, 3.63) is 33.9 Å². The van der Waals surface area contributed by atoms with E-state index >= 15 is 0 Å². The molecule has 0 saturated carbocycles. The van der Waals surface area contributed by atoms with Gasteiger partial charge in [0.2, 0.25) is 11.8 Å². The second-order valence-corrected chi connectivity index (χ2v) is 7.12. The largest absolute Gasteiger partial charge is 0.366 e. The molecule has 1 aromatic carbocycles. The van der Waals surface area contributed by atoms with E-state index in [2.05, 4.69) is 0 Å². The lowest BCUT2D eigenvalue weighted by Crippen LogP contribution is -2.52. The van der Waals surface area contributed by atoms with Crippen molar-refractivity contribution in [2.45, 2.75) is 43.2 Å². The van der Waals surface area contributed by atoms with Gasteiger partial charge in [-0.15, -0.1) is 24.2 Å². The van der Waals surface area contributed by atoms with E-state index in [-0.39, 0.29) is 47.4 Å². The van der Waals surface area contributed by atoms with Crippen LogP contribution in [-0.2, 0) is 4.79 Å². The number of hydrogen-bond donors (Lipinski definition) is 2. The first-order chi connectivity index (χ1) is 11.8. The van der Waals surface area contributed by atoms with Gasteiger partial charge < -0.3 is 16.4 Å². The number of halogens is 1. The van der Waals surface area contributed by atoms with Crippen molar-refractivity contribution in [3.63, 3.8) is 0 Å². The molecule has 8 nitrogen and oxygen atoms in total. The maximum Gasteiger partial charge on any atom is 0.283 e. The van der Waals surface area contributed by atoms with Crippen LogP contribution in [0, 0.1) is 10.1 Å². The molecule has 2 atom stereocenters. The molecular formula is C16H23ClN4O4S. The molecule has 2 rings (SSSR count). The van der Waals surface area contributed by atoms with Crippen molar-refractivity contribution in [3.8, 4) is 0 Å². The topological polar surface area (TPSA) is 133 Å². The molecule has 2 amide bonds. The third-order valence-electron chi connectivity index (χ3n) is 4.27. The number of nitro benzene ring substituents is 1. The zero-order valence-electron chi connectivity index (χ0n) is 14.4. The summed E-state index contributed by atoms with van der Waals surface area (Å²) >= 11 is 1.09. The Morgan fingerprint density at radius 1 is 1.42 bits per heavy atom. The molecule has 0 aliphatic carbocycles. The molecule has 0 bridgehead atoms. The summed E-state index contributed by atoms with van der Waals surface area (Å²) in [4.78, 5) is 36.5. The number of primary amides is 1. The summed E-state index contributed by atoms with van der Waals surface area (Å²) in [6.07, 6.45) is 2.86. The molecule has 1 saturated heterocycles. The van der Waals surface area contributed by atoms with Crippen molar-refractivity contribution in [2.75, 3.05) is 12.3 Å². The quantitative estimate of drug-likeness (QED) is 0.424. The third-order valence-corrected chi connectivity index (χ3v) is 5.32. The number of amides is 2. The summed E-state index contributed by atoms with van der Waals surface area (Å²) in [6, 6.07) is 3.91. The number of likely N-dealkylation sites (tertiary alicyclic amines) is 1. The van der Waals surface area contributed by atoms with E-state index < -0.39 is 10.8 Å². The molecule has 2 unspecified atom stereocenters. The smallest absolute Gasteiger partial charge is 0.283 e. The van der Waals surface area contributed by atoms with Gasteiger partial charge in [0, 0.05) is 30.3 Å². The van der Waals surface area contributed by atoms with Gasteiger partial charge in [0.05, 0.1) is 15.6 Å². The van der Waals surface area contributed by atoms with E-state index in [1.54, 1.807) is 4.90 Å². The van der Waals surface area contributed by atoms with Gasteiger partial charge in [0.15, 0.2) is 0 Å². The van der Waals surface area contributed by atoms with Crippen LogP contribution in [0.3, 0.4) is 0 Å². The van der Waals surface area contributed by atoms with Gasteiger partial charge in [-0.25, -0.2) is 0 Å². The van der Waals surface area contributed by atoms with Crippen LogP contribution in [0.5, 0.6) is 0 Å². The maximum absolute atomic E-state index is 12.5. The van der Waals surface area contributed by atoms with Crippen LogP contribution in [0.4, 0.5) is 5.69 Å². The van der Waals surface area contributed by atoms with Gasteiger partial charge in [-0.05, 0) is 38.3 Å². The molecule has 10 heteroatoms. The number of piperidine rings is 1. The first-order valence-corrected chi connectivity index (χ1v) is 9.06. The van der Waals surface area contributed by atoms with Crippen LogP contribution >= 0.6 is 24.2 Å². The molecule has 1 aliphatic rings. The molecule has 144 valence electrons. The minimum atomic E-state index is -0.733. The van der Waals surface area contributed by atoms with E-state index in [1.165, 1.54) is 12.1 Å². The second-order valence-electron chi connectivity index (χ2n) is 6.10. The second kappa shape index (κ2) is 9.75. The van der Waals surface area contributed by atoms with Crippen LogP contribution in [0.1, 0.15) is 36.5 Å². The maximum atomic E-state index is 12.5. The average Bonchev–Trinajstić information content (AvgIpc) is 2.59. The van der Waals surface area contributed by atoms with E-state index in [4.69, 9.17) is 11.5 Å².